The Balaban J connectivity index is 2.66. The zero-order chi connectivity index (χ0) is 15.4. The van der Waals surface area contributed by atoms with Crippen LogP contribution in [0.25, 0.3) is 0 Å². The van der Waals surface area contributed by atoms with E-state index in [1.165, 1.54) is 6.26 Å². The van der Waals surface area contributed by atoms with Crippen molar-refractivity contribution in [3.05, 3.63) is 0 Å². The Morgan fingerprint density at radius 3 is 2.65 bits per heavy atom. The first kappa shape index (κ1) is 17.8. The van der Waals surface area contributed by atoms with Gasteiger partial charge < -0.3 is 4.74 Å². The fourth-order valence-electron chi connectivity index (χ4n) is 2.88. The van der Waals surface area contributed by atoms with Gasteiger partial charge in [0.25, 0.3) is 0 Å². The lowest BCUT2D eigenvalue weighted by molar-refractivity contribution is -0.0451. The maximum absolute atomic E-state index is 11.6. The van der Waals surface area contributed by atoms with Crippen molar-refractivity contribution in [3.63, 3.8) is 0 Å². The highest BCUT2D eigenvalue weighted by Crippen LogP contribution is 2.27. The van der Waals surface area contributed by atoms with E-state index in [0.717, 1.165) is 19.3 Å². The summed E-state index contributed by atoms with van der Waals surface area (Å²) < 4.78 is 30.6. The van der Waals surface area contributed by atoms with E-state index in [1.54, 1.807) is 4.31 Å². The molecule has 0 radical (unpaired) electrons. The first-order chi connectivity index (χ1) is 9.20. The summed E-state index contributed by atoms with van der Waals surface area (Å²) in [6.07, 6.45) is 4.03. The molecule has 0 bridgehead atoms. The van der Waals surface area contributed by atoms with Crippen molar-refractivity contribution < 1.29 is 13.2 Å². The quantitative estimate of drug-likeness (QED) is 0.534. The zero-order valence-corrected chi connectivity index (χ0v) is 13.9. The summed E-state index contributed by atoms with van der Waals surface area (Å²) >= 11 is 0. The zero-order valence-electron chi connectivity index (χ0n) is 13.1. The molecule has 6 nitrogen and oxygen atoms in total. The number of sulfonamides is 1. The van der Waals surface area contributed by atoms with Gasteiger partial charge in [0.05, 0.1) is 11.9 Å². The van der Waals surface area contributed by atoms with Crippen LogP contribution in [0.4, 0.5) is 0 Å². The smallest absolute Gasteiger partial charge is 0.211 e. The number of piperidine rings is 1. The van der Waals surface area contributed by atoms with Crippen LogP contribution in [0, 0.1) is 5.92 Å². The third kappa shape index (κ3) is 4.96. The normalized spacial score (nSPS) is 23.8. The maximum Gasteiger partial charge on any atom is 0.211 e. The molecule has 7 heteroatoms. The highest BCUT2D eigenvalue weighted by atomic mass is 32.2. The minimum Gasteiger partial charge on any atom is -0.374 e. The van der Waals surface area contributed by atoms with Crippen molar-refractivity contribution in [2.24, 2.45) is 11.8 Å². The average Bonchev–Trinajstić information content (AvgIpc) is 2.35. The van der Waals surface area contributed by atoms with Gasteiger partial charge in [0.1, 0.15) is 0 Å². The Bertz CT molecular complexity index is 398. The molecule has 1 aliphatic rings. The molecule has 0 aromatic heterocycles. The van der Waals surface area contributed by atoms with Gasteiger partial charge in [-0.3, -0.25) is 11.3 Å². The lowest BCUT2D eigenvalue weighted by Gasteiger charge is -2.38. The van der Waals surface area contributed by atoms with Crippen molar-refractivity contribution >= 4 is 10.0 Å². The van der Waals surface area contributed by atoms with Crippen LogP contribution < -0.4 is 11.3 Å². The van der Waals surface area contributed by atoms with Crippen molar-refractivity contribution in [1.82, 2.24) is 9.73 Å². The molecule has 1 heterocycles. The molecule has 1 rings (SSSR count). The van der Waals surface area contributed by atoms with E-state index in [0.29, 0.717) is 25.6 Å². The van der Waals surface area contributed by atoms with E-state index in [-0.39, 0.29) is 11.6 Å². The first-order valence-electron chi connectivity index (χ1n) is 7.26. The van der Waals surface area contributed by atoms with E-state index < -0.39 is 10.0 Å². The van der Waals surface area contributed by atoms with E-state index in [9.17, 15) is 8.42 Å². The van der Waals surface area contributed by atoms with Gasteiger partial charge in [0.15, 0.2) is 0 Å². The third-order valence-electron chi connectivity index (χ3n) is 4.08. The summed E-state index contributed by atoms with van der Waals surface area (Å²) in [6.45, 7) is 7.83. The summed E-state index contributed by atoms with van der Waals surface area (Å²) in [4.78, 5) is 0. The largest absolute Gasteiger partial charge is 0.374 e. The van der Waals surface area contributed by atoms with Crippen molar-refractivity contribution in [2.45, 2.75) is 51.7 Å². The van der Waals surface area contributed by atoms with Gasteiger partial charge in [-0.15, -0.1) is 0 Å². The molecule has 1 saturated heterocycles. The lowest BCUT2D eigenvalue weighted by Crippen LogP contribution is -2.53. The molecular formula is C13H29N3O3S. The number of hydrazine groups is 1. The van der Waals surface area contributed by atoms with Gasteiger partial charge in [0, 0.05) is 25.7 Å². The monoisotopic (exact) mass is 307 g/mol. The van der Waals surface area contributed by atoms with Gasteiger partial charge in [-0.05, 0) is 46.0 Å². The molecule has 3 N–H and O–H groups in total. The summed E-state index contributed by atoms with van der Waals surface area (Å²) in [7, 11) is -3.10. The second-order valence-electron chi connectivity index (χ2n) is 6.12. The van der Waals surface area contributed by atoms with Gasteiger partial charge in [0.2, 0.25) is 10.0 Å². The van der Waals surface area contributed by atoms with Crippen LogP contribution in [0.1, 0.15) is 40.0 Å². The number of nitrogens with one attached hydrogen (secondary N) is 1. The maximum atomic E-state index is 11.6. The predicted molar refractivity (Wildman–Crippen MR) is 80.6 cm³/mol. The van der Waals surface area contributed by atoms with Crippen molar-refractivity contribution in [1.29, 1.82) is 0 Å². The Kier molecular flexibility index (Phi) is 6.40. The van der Waals surface area contributed by atoms with Gasteiger partial charge in [-0.2, -0.15) is 0 Å². The van der Waals surface area contributed by atoms with Crippen LogP contribution in [0.5, 0.6) is 0 Å². The summed E-state index contributed by atoms with van der Waals surface area (Å²) in [5, 5.41) is 0. The number of nitrogens with zero attached hydrogens (tertiary/aromatic N) is 1. The number of nitrogens with two attached hydrogens (primary N) is 1. The molecule has 0 aromatic rings. The van der Waals surface area contributed by atoms with Crippen LogP contribution >= 0.6 is 0 Å². The minimum atomic E-state index is -3.10. The molecule has 20 heavy (non-hydrogen) atoms. The summed E-state index contributed by atoms with van der Waals surface area (Å²) in [6, 6.07) is 0.00644. The van der Waals surface area contributed by atoms with Crippen LogP contribution in [-0.4, -0.2) is 50.3 Å². The molecule has 2 unspecified atom stereocenters. The summed E-state index contributed by atoms with van der Waals surface area (Å²) in [5.74, 6) is 5.98. The predicted octanol–water partition coefficient (Wildman–Crippen LogP) is 0.695. The molecule has 0 saturated carbocycles. The summed E-state index contributed by atoms with van der Waals surface area (Å²) in [5.41, 5.74) is 2.47. The standard InChI is InChI=1S/C13H29N3O3S/c1-5-19-13(2,3)12(15-14)9-11-7-6-8-16(10-11)20(4,17)18/h11-12,15H,5-10,14H2,1-4H3. The van der Waals surface area contributed by atoms with E-state index >= 15 is 0 Å². The lowest BCUT2D eigenvalue weighted by atomic mass is 9.86. The van der Waals surface area contributed by atoms with Crippen LogP contribution in [0.2, 0.25) is 0 Å². The fraction of sp³-hybridized carbons (Fsp3) is 1.00. The molecule has 0 aromatic carbocycles. The van der Waals surface area contributed by atoms with E-state index in [2.05, 4.69) is 5.43 Å². The van der Waals surface area contributed by atoms with E-state index in [4.69, 9.17) is 10.6 Å². The minimum absolute atomic E-state index is 0.00644. The Morgan fingerprint density at radius 1 is 1.50 bits per heavy atom. The third-order valence-corrected chi connectivity index (χ3v) is 5.35. The molecular weight excluding hydrogens is 278 g/mol. The Hall–Kier alpha value is -0.210. The van der Waals surface area contributed by atoms with Crippen molar-refractivity contribution in [3.8, 4) is 0 Å². The molecule has 1 aliphatic heterocycles. The molecule has 0 aliphatic carbocycles. The fourth-order valence-corrected chi connectivity index (χ4v) is 3.82. The Morgan fingerprint density at radius 2 is 2.15 bits per heavy atom. The molecule has 1 fully saturated rings. The van der Waals surface area contributed by atoms with Crippen LogP contribution in [0.15, 0.2) is 0 Å². The van der Waals surface area contributed by atoms with Crippen LogP contribution in [0.3, 0.4) is 0 Å². The number of ether oxygens (including phenoxy) is 1. The van der Waals surface area contributed by atoms with Gasteiger partial charge in [-0.1, -0.05) is 0 Å². The highest BCUT2D eigenvalue weighted by Gasteiger charge is 2.34. The van der Waals surface area contributed by atoms with Gasteiger partial charge >= 0.3 is 0 Å². The molecule has 2 atom stereocenters. The number of rotatable bonds is 7. The average molecular weight is 307 g/mol. The molecule has 0 amide bonds. The second-order valence-corrected chi connectivity index (χ2v) is 8.10. The van der Waals surface area contributed by atoms with Crippen LogP contribution in [-0.2, 0) is 14.8 Å². The molecule has 120 valence electrons. The van der Waals surface area contributed by atoms with E-state index in [1.807, 2.05) is 20.8 Å². The second kappa shape index (κ2) is 7.17. The number of hydrogen-bond acceptors (Lipinski definition) is 5. The highest BCUT2D eigenvalue weighted by molar-refractivity contribution is 7.88. The number of hydrogen-bond donors (Lipinski definition) is 2. The first-order valence-corrected chi connectivity index (χ1v) is 9.10. The molecule has 0 spiro atoms. The Labute approximate surface area is 123 Å². The SMILES string of the molecule is CCOC(C)(C)C(CC1CCCN(S(C)(=O)=O)C1)NN. The topological polar surface area (TPSA) is 84.7 Å². The van der Waals surface area contributed by atoms with Gasteiger partial charge in [-0.25, -0.2) is 12.7 Å². The van der Waals surface area contributed by atoms with Crippen molar-refractivity contribution in [2.75, 3.05) is 26.0 Å².